The minimum absolute atomic E-state index is 0.200. The van der Waals surface area contributed by atoms with Gasteiger partial charge in [0.1, 0.15) is 5.82 Å². The molecule has 162 valence electrons. The lowest BCUT2D eigenvalue weighted by Gasteiger charge is -2.13. The SMILES string of the molecule is Cc1ccc2c(c1)C(c1ccccc1F)=NCc1cnc(Nc3ccc(C(=O)O)cc3)nc1-2. The van der Waals surface area contributed by atoms with Gasteiger partial charge in [0.05, 0.1) is 23.5 Å². The number of aryl methyl sites for hydroxylation is 1. The van der Waals surface area contributed by atoms with E-state index in [4.69, 9.17) is 15.1 Å². The Morgan fingerprint density at radius 2 is 1.79 bits per heavy atom. The number of nitrogens with one attached hydrogen (secondary N) is 1. The molecular weight excluding hydrogens is 419 g/mol. The number of hydrogen-bond donors (Lipinski definition) is 2. The summed E-state index contributed by atoms with van der Waals surface area (Å²) in [5, 5.41) is 12.2. The van der Waals surface area contributed by atoms with Gasteiger partial charge in [-0.05, 0) is 49.4 Å². The summed E-state index contributed by atoms with van der Waals surface area (Å²) in [7, 11) is 0. The minimum atomic E-state index is -0.986. The van der Waals surface area contributed by atoms with Gasteiger partial charge < -0.3 is 10.4 Å². The zero-order valence-corrected chi connectivity index (χ0v) is 17.7. The normalized spacial score (nSPS) is 12.2. The highest BCUT2D eigenvalue weighted by molar-refractivity contribution is 6.17. The predicted octanol–water partition coefficient (Wildman–Crippen LogP) is 5.38. The number of aromatic nitrogens is 2. The van der Waals surface area contributed by atoms with Crippen molar-refractivity contribution in [1.82, 2.24) is 9.97 Å². The van der Waals surface area contributed by atoms with Gasteiger partial charge in [0.15, 0.2) is 0 Å². The van der Waals surface area contributed by atoms with Gasteiger partial charge in [0.25, 0.3) is 0 Å². The molecule has 0 amide bonds. The number of rotatable bonds is 4. The third-order valence-corrected chi connectivity index (χ3v) is 5.47. The van der Waals surface area contributed by atoms with Crippen LogP contribution in [0.4, 0.5) is 16.0 Å². The summed E-state index contributed by atoms with van der Waals surface area (Å²) in [6, 6.07) is 18.9. The number of carbonyl (C=O) groups is 1. The molecule has 1 aliphatic rings. The smallest absolute Gasteiger partial charge is 0.335 e. The molecule has 5 rings (SSSR count). The van der Waals surface area contributed by atoms with Crippen LogP contribution in [0.2, 0.25) is 0 Å². The van der Waals surface area contributed by atoms with Crippen molar-refractivity contribution in [2.75, 3.05) is 5.32 Å². The van der Waals surface area contributed by atoms with Crippen molar-refractivity contribution >= 4 is 23.3 Å². The zero-order chi connectivity index (χ0) is 22.9. The number of anilines is 2. The Balaban J connectivity index is 1.57. The fourth-order valence-electron chi connectivity index (χ4n) is 3.83. The molecule has 2 heterocycles. The average molecular weight is 438 g/mol. The van der Waals surface area contributed by atoms with E-state index in [1.54, 1.807) is 36.5 Å². The molecular formula is C26H19FN4O2. The third kappa shape index (κ3) is 3.96. The van der Waals surface area contributed by atoms with Gasteiger partial charge in [-0.2, -0.15) is 0 Å². The first-order chi connectivity index (χ1) is 16.0. The molecule has 3 aromatic carbocycles. The highest BCUT2D eigenvalue weighted by Crippen LogP contribution is 2.33. The summed E-state index contributed by atoms with van der Waals surface area (Å²) in [4.78, 5) is 25.0. The number of benzene rings is 3. The van der Waals surface area contributed by atoms with Gasteiger partial charge in [0, 0.05) is 34.1 Å². The predicted molar refractivity (Wildman–Crippen MR) is 125 cm³/mol. The third-order valence-electron chi connectivity index (χ3n) is 5.47. The Morgan fingerprint density at radius 1 is 1.00 bits per heavy atom. The summed E-state index contributed by atoms with van der Waals surface area (Å²) in [6.45, 7) is 2.30. The Hall–Kier alpha value is -4.39. The maximum absolute atomic E-state index is 14.7. The number of fused-ring (bicyclic) bond motifs is 3. The number of halogens is 1. The topological polar surface area (TPSA) is 87.5 Å². The van der Waals surface area contributed by atoms with Crippen LogP contribution in [0, 0.1) is 12.7 Å². The first kappa shape index (κ1) is 20.5. The molecule has 33 heavy (non-hydrogen) atoms. The molecule has 6 nitrogen and oxygen atoms in total. The van der Waals surface area contributed by atoms with Crippen LogP contribution in [0.15, 0.2) is 77.9 Å². The summed E-state index contributed by atoms with van der Waals surface area (Å²) in [6.07, 6.45) is 1.72. The van der Waals surface area contributed by atoms with Gasteiger partial charge in [-0.15, -0.1) is 0 Å². The first-order valence-electron chi connectivity index (χ1n) is 10.4. The van der Waals surface area contributed by atoms with E-state index >= 15 is 0 Å². The number of carboxylic acid groups (broad SMARTS) is 1. The Bertz CT molecular complexity index is 1410. The highest BCUT2D eigenvalue weighted by Gasteiger charge is 2.22. The van der Waals surface area contributed by atoms with E-state index in [9.17, 15) is 9.18 Å². The highest BCUT2D eigenvalue weighted by atomic mass is 19.1. The standard InChI is InChI=1S/C26H19FN4O2/c1-15-6-11-19-21(12-15)24(20-4-2-3-5-22(20)27)28-13-17-14-29-26(31-23(17)19)30-18-9-7-16(8-10-18)25(32)33/h2-12,14H,13H2,1H3,(H,32,33)(H,29,30,31). The molecule has 4 aromatic rings. The second kappa shape index (κ2) is 8.27. The average Bonchev–Trinajstić information content (AvgIpc) is 2.96. The summed E-state index contributed by atoms with van der Waals surface area (Å²) < 4.78 is 14.7. The van der Waals surface area contributed by atoms with E-state index in [1.165, 1.54) is 18.2 Å². The van der Waals surface area contributed by atoms with Crippen molar-refractivity contribution < 1.29 is 14.3 Å². The number of aromatic carboxylic acids is 1. The molecule has 0 saturated heterocycles. The second-order valence-corrected chi connectivity index (χ2v) is 7.77. The van der Waals surface area contributed by atoms with Gasteiger partial charge in [-0.25, -0.2) is 19.2 Å². The van der Waals surface area contributed by atoms with Crippen LogP contribution in [0.1, 0.15) is 32.6 Å². The minimum Gasteiger partial charge on any atom is -0.478 e. The van der Waals surface area contributed by atoms with E-state index < -0.39 is 5.97 Å². The molecule has 0 radical (unpaired) electrons. The van der Waals surface area contributed by atoms with Crippen molar-refractivity contribution in [3.05, 3.63) is 107 Å². The van der Waals surface area contributed by atoms with Crippen LogP contribution in [-0.2, 0) is 6.54 Å². The molecule has 1 aliphatic heterocycles. The lowest BCUT2D eigenvalue weighted by molar-refractivity contribution is 0.0697. The fourth-order valence-corrected chi connectivity index (χ4v) is 3.83. The van der Waals surface area contributed by atoms with Crippen LogP contribution in [0.25, 0.3) is 11.3 Å². The largest absolute Gasteiger partial charge is 0.478 e. The van der Waals surface area contributed by atoms with E-state index in [1.807, 2.05) is 25.1 Å². The van der Waals surface area contributed by atoms with Crippen molar-refractivity contribution in [3.8, 4) is 11.3 Å². The molecule has 2 N–H and O–H groups in total. The molecule has 1 aromatic heterocycles. The van der Waals surface area contributed by atoms with Crippen LogP contribution in [0.5, 0.6) is 0 Å². The number of nitrogens with zero attached hydrogens (tertiary/aromatic N) is 3. The zero-order valence-electron chi connectivity index (χ0n) is 17.7. The second-order valence-electron chi connectivity index (χ2n) is 7.77. The van der Waals surface area contributed by atoms with Crippen LogP contribution in [0.3, 0.4) is 0 Å². The first-order valence-corrected chi connectivity index (χ1v) is 10.4. The molecule has 0 aliphatic carbocycles. The van der Waals surface area contributed by atoms with Gasteiger partial charge >= 0.3 is 5.97 Å². The summed E-state index contributed by atoms with van der Waals surface area (Å²) in [5.74, 6) is -0.939. The molecule has 0 spiro atoms. The molecule has 0 saturated carbocycles. The molecule has 0 unspecified atom stereocenters. The lowest BCUT2D eigenvalue weighted by atomic mass is 9.93. The van der Waals surface area contributed by atoms with E-state index in [2.05, 4.69) is 10.3 Å². The van der Waals surface area contributed by atoms with Crippen molar-refractivity contribution in [3.63, 3.8) is 0 Å². The van der Waals surface area contributed by atoms with Crippen LogP contribution < -0.4 is 5.32 Å². The van der Waals surface area contributed by atoms with E-state index in [-0.39, 0.29) is 11.4 Å². The van der Waals surface area contributed by atoms with Crippen LogP contribution >= 0.6 is 0 Å². The lowest BCUT2D eigenvalue weighted by Crippen LogP contribution is -2.07. The molecule has 7 heteroatoms. The van der Waals surface area contributed by atoms with E-state index in [0.717, 1.165) is 27.9 Å². The number of aliphatic imine (C=N–C) groups is 1. The van der Waals surface area contributed by atoms with Gasteiger partial charge in [-0.3, -0.25) is 4.99 Å². The van der Waals surface area contributed by atoms with E-state index in [0.29, 0.717) is 29.5 Å². The number of carboxylic acids is 1. The van der Waals surface area contributed by atoms with Crippen molar-refractivity contribution in [1.29, 1.82) is 0 Å². The quantitative estimate of drug-likeness (QED) is 0.446. The Kier molecular flexibility index (Phi) is 5.14. The fraction of sp³-hybridized carbons (Fsp3) is 0.0769. The maximum Gasteiger partial charge on any atom is 0.335 e. The monoisotopic (exact) mass is 438 g/mol. The van der Waals surface area contributed by atoms with Crippen LogP contribution in [-0.4, -0.2) is 26.8 Å². The van der Waals surface area contributed by atoms with Gasteiger partial charge in [-0.1, -0.05) is 29.8 Å². The molecule has 0 bridgehead atoms. The van der Waals surface area contributed by atoms with Gasteiger partial charge in [0.2, 0.25) is 5.95 Å². The molecule has 0 atom stereocenters. The molecule has 0 fully saturated rings. The maximum atomic E-state index is 14.7. The Morgan fingerprint density at radius 3 is 2.55 bits per heavy atom. The summed E-state index contributed by atoms with van der Waals surface area (Å²) in [5.41, 5.74) is 6.15. The summed E-state index contributed by atoms with van der Waals surface area (Å²) >= 11 is 0. The Labute approximate surface area is 189 Å². The number of hydrogen-bond acceptors (Lipinski definition) is 5. The van der Waals surface area contributed by atoms with Crippen molar-refractivity contribution in [2.24, 2.45) is 4.99 Å². The van der Waals surface area contributed by atoms with Crippen molar-refractivity contribution in [2.45, 2.75) is 13.5 Å².